The van der Waals surface area contributed by atoms with E-state index in [1.807, 2.05) is 24.1 Å². The molecule has 0 spiro atoms. The van der Waals surface area contributed by atoms with Crippen molar-refractivity contribution in [3.8, 4) is 0 Å². The maximum atomic E-state index is 11.9. The van der Waals surface area contributed by atoms with Crippen molar-refractivity contribution in [2.24, 2.45) is 0 Å². The number of ether oxygens (including phenoxy) is 1. The summed E-state index contributed by atoms with van der Waals surface area (Å²) in [6, 6.07) is 4.05. The minimum Gasteiger partial charge on any atom is -0.378 e. The minimum absolute atomic E-state index is 0.206. The predicted octanol–water partition coefficient (Wildman–Crippen LogP) is 0.729. The SMILES string of the molecule is Cc1ccc(CNCCC(=O)N2CCOCC2)cn1. The van der Waals surface area contributed by atoms with E-state index < -0.39 is 0 Å². The van der Waals surface area contributed by atoms with Gasteiger partial charge in [0.2, 0.25) is 5.91 Å². The first-order valence-corrected chi connectivity index (χ1v) is 6.73. The molecule has 0 aliphatic carbocycles. The average Bonchev–Trinajstić information content (AvgIpc) is 2.46. The van der Waals surface area contributed by atoms with Crippen molar-refractivity contribution >= 4 is 5.91 Å². The zero-order valence-corrected chi connectivity index (χ0v) is 11.4. The monoisotopic (exact) mass is 263 g/mol. The van der Waals surface area contributed by atoms with Crippen LogP contribution in [0.4, 0.5) is 0 Å². The quantitative estimate of drug-likeness (QED) is 0.796. The van der Waals surface area contributed by atoms with Crippen LogP contribution in [-0.4, -0.2) is 48.6 Å². The summed E-state index contributed by atoms with van der Waals surface area (Å²) in [7, 11) is 0. The van der Waals surface area contributed by atoms with E-state index in [1.54, 1.807) is 0 Å². The highest BCUT2D eigenvalue weighted by molar-refractivity contribution is 5.76. The molecule has 0 bridgehead atoms. The molecule has 1 fully saturated rings. The van der Waals surface area contributed by atoms with Crippen LogP contribution in [0.25, 0.3) is 0 Å². The van der Waals surface area contributed by atoms with Crippen LogP contribution in [0.15, 0.2) is 18.3 Å². The summed E-state index contributed by atoms with van der Waals surface area (Å²) >= 11 is 0. The number of nitrogens with one attached hydrogen (secondary N) is 1. The Labute approximate surface area is 114 Å². The number of hydrogen-bond donors (Lipinski definition) is 1. The fraction of sp³-hybridized carbons (Fsp3) is 0.571. The molecule has 1 aliphatic rings. The first-order chi connectivity index (χ1) is 9.25. The van der Waals surface area contributed by atoms with Crippen LogP contribution in [0.5, 0.6) is 0 Å². The van der Waals surface area contributed by atoms with Crippen molar-refractivity contribution in [3.63, 3.8) is 0 Å². The molecule has 0 unspecified atom stereocenters. The molecule has 104 valence electrons. The molecule has 19 heavy (non-hydrogen) atoms. The molecule has 1 N–H and O–H groups in total. The molecule has 0 radical (unpaired) electrons. The van der Waals surface area contributed by atoms with Gasteiger partial charge in [-0.25, -0.2) is 0 Å². The molecule has 1 saturated heterocycles. The molecule has 5 heteroatoms. The number of pyridine rings is 1. The highest BCUT2D eigenvalue weighted by Gasteiger charge is 2.15. The van der Waals surface area contributed by atoms with Gasteiger partial charge in [-0.05, 0) is 18.6 Å². The molecule has 5 nitrogen and oxygen atoms in total. The molecule has 2 rings (SSSR count). The summed E-state index contributed by atoms with van der Waals surface area (Å²) in [6.07, 6.45) is 2.41. The lowest BCUT2D eigenvalue weighted by Crippen LogP contribution is -2.41. The van der Waals surface area contributed by atoms with Gasteiger partial charge in [-0.15, -0.1) is 0 Å². The zero-order valence-electron chi connectivity index (χ0n) is 11.4. The number of amides is 1. The van der Waals surface area contributed by atoms with E-state index in [0.29, 0.717) is 26.2 Å². The normalized spacial score (nSPS) is 15.5. The molecule has 0 saturated carbocycles. The van der Waals surface area contributed by atoms with E-state index in [1.165, 1.54) is 0 Å². The van der Waals surface area contributed by atoms with E-state index in [4.69, 9.17) is 4.74 Å². The van der Waals surface area contributed by atoms with Crippen molar-refractivity contribution in [2.75, 3.05) is 32.8 Å². The van der Waals surface area contributed by atoms with Gasteiger partial charge in [0.25, 0.3) is 0 Å². The largest absolute Gasteiger partial charge is 0.378 e. The fourth-order valence-corrected chi connectivity index (χ4v) is 2.00. The number of aryl methyl sites for hydroxylation is 1. The second-order valence-corrected chi connectivity index (χ2v) is 4.73. The summed E-state index contributed by atoms with van der Waals surface area (Å²) < 4.78 is 5.23. The number of rotatable bonds is 5. The second kappa shape index (κ2) is 7.21. The number of morpholine rings is 1. The topological polar surface area (TPSA) is 54.5 Å². The van der Waals surface area contributed by atoms with Crippen molar-refractivity contribution in [3.05, 3.63) is 29.6 Å². The third kappa shape index (κ3) is 4.61. The zero-order chi connectivity index (χ0) is 13.5. The Hall–Kier alpha value is -1.46. The lowest BCUT2D eigenvalue weighted by molar-refractivity contribution is -0.135. The highest BCUT2D eigenvalue weighted by Crippen LogP contribution is 2.01. The third-order valence-corrected chi connectivity index (χ3v) is 3.18. The van der Waals surface area contributed by atoms with Crippen molar-refractivity contribution in [2.45, 2.75) is 19.9 Å². The van der Waals surface area contributed by atoms with E-state index >= 15 is 0 Å². The molecule has 1 amide bonds. The summed E-state index contributed by atoms with van der Waals surface area (Å²) in [5, 5.41) is 3.27. The molecular weight excluding hydrogens is 242 g/mol. The Morgan fingerprint density at radius 3 is 2.89 bits per heavy atom. The van der Waals surface area contributed by atoms with Crippen LogP contribution in [0.3, 0.4) is 0 Å². The van der Waals surface area contributed by atoms with E-state index in [9.17, 15) is 4.79 Å². The van der Waals surface area contributed by atoms with Crippen molar-refractivity contribution in [1.82, 2.24) is 15.2 Å². The van der Waals surface area contributed by atoms with Gasteiger partial charge in [0.15, 0.2) is 0 Å². The Morgan fingerprint density at radius 1 is 1.42 bits per heavy atom. The van der Waals surface area contributed by atoms with Crippen LogP contribution in [0.1, 0.15) is 17.7 Å². The highest BCUT2D eigenvalue weighted by atomic mass is 16.5. The molecule has 1 aromatic heterocycles. The van der Waals surface area contributed by atoms with Crippen LogP contribution >= 0.6 is 0 Å². The Kier molecular flexibility index (Phi) is 5.30. The minimum atomic E-state index is 0.206. The van der Waals surface area contributed by atoms with Crippen LogP contribution < -0.4 is 5.32 Å². The Morgan fingerprint density at radius 2 is 2.21 bits per heavy atom. The summed E-state index contributed by atoms with van der Waals surface area (Å²) in [5.41, 5.74) is 2.16. The van der Waals surface area contributed by atoms with Crippen molar-refractivity contribution in [1.29, 1.82) is 0 Å². The Bertz CT molecular complexity index is 400. The number of nitrogens with zero attached hydrogens (tertiary/aromatic N) is 2. The third-order valence-electron chi connectivity index (χ3n) is 3.18. The molecule has 1 aromatic rings. The summed E-state index contributed by atoms with van der Waals surface area (Å²) in [5.74, 6) is 0.206. The van der Waals surface area contributed by atoms with Crippen LogP contribution in [0, 0.1) is 6.92 Å². The van der Waals surface area contributed by atoms with Crippen molar-refractivity contribution < 1.29 is 9.53 Å². The molecule has 1 aliphatic heterocycles. The smallest absolute Gasteiger partial charge is 0.224 e. The number of carbonyl (C=O) groups is 1. The maximum absolute atomic E-state index is 11.9. The van der Waals surface area contributed by atoms with Gasteiger partial charge in [-0.1, -0.05) is 6.07 Å². The average molecular weight is 263 g/mol. The number of aromatic nitrogens is 1. The van der Waals surface area contributed by atoms with Crippen LogP contribution in [-0.2, 0) is 16.1 Å². The van der Waals surface area contributed by atoms with E-state index in [0.717, 1.165) is 30.9 Å². The number of carbonyl (C=O) groups excluding carboxylic acids is 1. The first kappa shape index (κ1) is 14.0. The lowest BCUT2D eigenvalue weighted by atomic mass is 10.2. The van der Waals surface area contributed by atoms with Gasteiger partial charge in [-0.3, -0.25) is 9.78 Å². The van der Waals surface area contributed by atoms with Gasteiger partial charge in [0, 0.05) is 44.5 Å². The van der Waals surface area contributed by atoms with E-state index in [2.05, 4.69) is 16.4 Å². The Balaban J connectivity index is 1.63. The van der Waals surface area contributed by atoms with Gasteiger partial charge in [-0.2, -0.15) is 0 Å². The predicted molar refractivity (Wildman–Crippen MR) is 72.7 cm³/mol. The van der Waals surface area contributed by atoms with Gasteiger partial charge >= 0.3 is 0 Å². The van der Waals surface area contributed by atoms with E-state index in [-0.39, 0.29) is 5.91 Å². The summed E-state index contributed by atoms with van der Waals surface area (Å²) in [6.45, 7) is 6.19. The maximum Gasteiger partial charge on any atom is 0.224 e. The number of hydrogen-bond acceptors (Lipinski definition) is 4. The molecule has 0 atom stereocenters. The van der Waals surface area contributed by atoms with Gasteiger partial charge in [0.05, 0.1) is 13.2 Å². The molecule has 0 aromatic carbocycles. The van der Waals surface area contributed by atoms with Crippen LogP contribution in [0.2, 0.25) is 0 Å². The molecular formula is C14H21N3O2. The molecule has 2 heterocycles. The standard InChI is InChI=1S/C14H21N3O2/c1-12-2-3-13(11-16-12)10-15-5-4-14(18)17-6-8-19-9-7-17/h2-3,11,15H,4-10H2,1H3. The lowest BCUT2D eigenvalue weighted by Gasteiger charge is -2.26. The van der Waals surface area contributed by atoms with Gasteiger partial charge in [0.1, 0.15) is 0 Å². The summed E-state index contributed by atoms with van der Waals surface area (Å²) in [4.78, 5) is 18.0. The second-order valence-electron chi connectivity index (χ2n) is 4.73. The van der Waals surface area contributed by atoms with Gasteiger partial charge < -0.3 is 15.0 Å². The fourth-order valence-electron chi connectivity index (χ4n) is 2.00. The first-order valence-electron chi connectivity index (χ1n) is 6.73.